The second kappa shape index (κ2) is 5.86. The monoisotopic (exact) mass is 295 g/mol. The van der Waals surface area contributed by atoms with E-state index in [4.69, 9.17) is 0 Å². The van der Waals surface area contributed by atoms with Crippen LogP contribution < -0.4 is 0 Å². The zero-order chi connectivity index (χ0) is 13.9. The standard InChI is InChI=1S/C14H17NO2S2/c1-3-13-9-10-14(18-13)19(16,17)15(2)11-12-7-5-4-6-8-12/h4-10H,3,11H2,1-2H3. The van der Waals surface area contributed by atoms with Gasteiger partial charge in [0, 0.05) is 18.5 Å². The molecule has 0 saturated heterocycles. The summed E-state index contributed by atoms with van der Waals surface area (Å²) in [5.74, 6) is 0. The van der Waals surface area contributed by atoms with Crippen LogP contribution >= 0.6 is 11.3 Å². The number of benzene rings is 1. The fourth-order valence-electron chi connectivity index (χ4n) is 1.77. The summed E-state index contributed by atoms with van der Waals surface area (Å²) in [5, 5.41) is 0. The third-order valence-electron chi connectivity index (χ3n) is 2.90. The summed E-state index contributed by atoms with van der Waals surface area (Å²) in [6, 6.07) is 13.2. The Morgan fingerprint density at radius 2 is 1.79 bits per heavy atom. The van der Waals surface area contributed by atoms with Crippen molar-refractivity contribution in [1.29, 1.82) is 0 Å². The first-order chi connectivity index (χ1) is 9.04. The van der Waals surface area contributed by atoms with Gasteiger partial charge < -0.3 is 0 Å². The van der Waals surface area contributed by atoms with Crippen LogP contribution in [0.25, 0.3) is 0 Å². The summed E-state index contributed by atoms with van der Waals surface area (Å²) in [5.41, 5.74) is 0.987. The molecule has 1 aromatic carbocycles. The largest absolute Gasteiger partial charge is 0.252 e. The topological polar surface area (TPSA) is 37.4 Å². The summed E-state index contributed by atoms with van der Waals surface area (Å²) in [6.07, 6.45) is 0.864. The predicted molar refractivity (Wildman–Crippen MR) is 78.8 cm³/mol. The molecule has 3 nitrogen and oxygen atoms in total. The summed E-state index contributed by atoms with van der Waals surface area (Å²) >= 11 is 1.35. The highest BCUT2D eigenvalue weighted by atomic mass is 32.2. The summed E-state index contributed by atoms with van der Waals surface area (Å²) in [6.45, 7) is 2.42. The molecule has 0 aliphatic carbocycles. The molecule has 0 saturated carbocycles. The Balaban J connectivity index is 2.19. The Bertz CT molecular complexity index is 632. The van der Waals surface area contributed by atoms with Gasteiger partial charge in [-0.2, -0.15) is 4.31 Å². The van der Waals surface area contributed by atoms with Gasteiger partial charge >= 0.3 is 0 Å². The number of thiophene rings is 1. The van der Waals surface area contributed by atoms with Crippen LogP contribution in [-0.4, -0.2) is 19.8 Å². The quantitative estimate of drug-likeness (QED) is 0.850. The van der Waals surface area contributed by atoms with Crippen molar-refractivity contribution in [3.8, 4) is 0 Å². The van der Waals surface area contributed by atoms with Gasteiger partial charge in [0.2, 0.25) is 0 Å². The smallest absolute Gasteiger partial charge is 0.206 e. The van der Waals surface area contributed by atoms with Gasteiger partial charge in [-0.25, -0.2) is 8.42 Å². The summed E-state index contributed by atoms with van der Waals surface area (Å²) in [4.78, 5) is 1.09. The zero-order valence-electron chi connectivity index (χ0n) is 11.0. The van der Waals surface area contributed by atoms with Crippen LogP contribution in [0.4, 0.5) is 0 Å². The molecular formula is C14H17NO2S2. The van der Waals surface area contributed by atoms with Crippen molar-refractivity contribution in [3.05, 3.63) is 52.9 Å². The number of hydrogen-bond acceptors (Lipinski definition) is 3. The SMILES string of the molecule is CCc1ccc(S(=O)(=O)N(C)Cc2ccccc2)s1. The van der Waals surface area contributed by atoms with Gasteiger partial charge in [0.15, 0.2) is 0 Å². The van der Waals surface area contributed by atoms with Gasteiger partial charge in [0.25, 0.3) is 10.0 Å². The molecule has 0 amide bonds. The number of sulfonamides is 1. The number of hydrogen-bond donors (Lipinski definition) is 0. The van der Waals surface area contributed by atoms with Crippen LogP contribution in [0.15, 0.2) is 46.7 Å². The van der Waals surface area contributed by atoms with Crippen molar-refractivity contribution in [2.24, 2.45) is 0 Å². The lowest BCUT2D eigenvalue weighted by Gasteiger charge is -2.15. The van der Waals surface area contributed by atoms with E-state index in [1.807, 2.05) is 43.3 Å². The average molecular weight is 295 g/mol. The van der Waals surface area contributed by atoms with E-state index in [1.54, 1.807) is 13.1 Å². The van der Waals surface area contributed by atoms with E-state index in [1.165, 1.54) is 15.6 Å². The van der Waals surface area contributed by atoms with Crippen molar-refractivity contribution in [3.63, 3.8) is 0 Å². The average Bonchev–Trinajstić information content (AvgIpc) is 2.89. The highest BCUT2D eigenvalue weighted by molar-refractivity contribution is 7.91. The second-order valence-electron chi connectivity index (χ2n) is 4.32. The van der Waals surface area contributed by atoms with E-state index in [-0.39, 0.29) is 0 Å². The Morgan fingerprint density at radius 1 is 1.11 bits per heavy atom. The lowest BCUT2D eigenvalue weighted by molar-refractivity contribution is 0.468. The molecule has 0 aliphatic heterocycles. The van der Waals surface area contributed by atoms with E-state index in [9.17, 15) is 8.42 Å². The Morgan fingerprint density at radius 3 is 2.37 bits per heavy atom. The van der Waals surface area contributed by atoms with Gasteiger partial charge in [-0.1, -0.05) is 37.3 Å². The number of aryl methyl sites for hydroxylation is 1. The van der Waals surface area contributed by atoms with Crippen molar-refractivity contribution >= 4 is 21.4 Å². The molecule has 5 heteroatoms. The van der Waals surface area contributed by atoms with Gasteiger partial charge in [-0.05, 0) is 24.1 Å². The minimum Gasteiger partial charge on any atom is -0.206 e. The Hall–Kier alpha value is -1.17. The minimum absolute atomic E-state index is 0.391. The lowest BCUT2D eigenvalue weighted by atomic mass is 10.2. The van der Waals surface area contributed by atoms with Gasteiger partial charge in [0.1, 0.15) is 4.21 Å². The molecule has 0 atom stereocenters. The van der Waals surface area contributed by atoms with Gasteiger partial charge in [-0.3, -0.25) is 0 Å². The lowest BCUT2D eigenvalue weighted by Crippen LogP contribution is -2.25. The van der Waals surface area contributed by atoms with Crippen LogP contribution in [-0.2, 0) is 23.0 Å². The molecular weight excluding hydrogens is 278 g/mol. The number of nitrogens with zero attached hydrogens (tertiary/aromatic N) is 1. The van der Waals surface area contributed by atoms with E-state index < -0.39 is 10.0 Å². The first-order valence-electron chi connectivity index (χ1n) is 6.13. The molecule has 1 aromatic heterocycles. The molecule has 0 fully saturated rings. The molecule has 0 N–H and O–H groups in total. The summed E-state index contributed by atoms with van der Waals surface area (Å²) in [7, 11) is -1.76. The molecule has 0 bridgehead atoms. The molecule has 1 heterocycles. The molecule has 102 valence electrons. The molecule has 19 heavy (non-hydrogen) atoms. The van der Waals surface area contributed by atoms with Crippen LogP contribution in [0.5, 0.6) is 0 Å². The first kappa shape index (κ1) is 14.2. The molecule has 2 rings (SSSR count). The minimum atomic E-state index is -3.37. The van der Waals surface area contributed by atoms with Crippen molar-refractivity contribution in [2.75, 3.05) is 7.05 Å². The Labute approximate surface area is 118 Å². The third kappa shape index (κ3) is 3.23. The second-order valence-corrected chi connectivity index (χ2v) is 7.76. The highest BCUT2D eigenvalue weighted by Gasteiger charge is 2.22. The molecule has 0 radical (unpaired) electrons. The van der Waals surface area contributed by atoms with E-state index in [0.29, 0.717) is 10.8 Å². The maximum atomic E-state index is 12.4. The first-order valence-corrected chi connectivity index (χ1v) is 8.38. The fourth-order valence-corrected chi connectivity index (χ4v) is 4.43. The fraction of sp³-hybridized carbons (Fsp3) is 0.286. The maximum absolute atomic E-state index is 12.4. The predicted octanol–water partition coefficient (Wildman–Crippen LogP) is 3.13. The van der Waals surface area contributed by atoms with Crippen LogP contribution in [0.1, 0.15) is 17.4 Å². The summed E-state index contributed by atoms with van der Waals surface area (Å²) < 4.78 is 26.6. The van der Waals surface area contributed by atoms with Crippen molar-refractivity contribution in [1.82, 2.24) is 4.31 Å². The Kier molecular flexibility index (Phi) is 4.39. The van der Waals surface area contributed by atoms with Crippen LogP contribution in [0.3, 0.4) is 0 Å². The number of rotatable bonds is 5. The van der Waals surface area contributed by atoms with E-state index in [0.717, 1.165) is 16.9 Å². The zero-order valence-corrected chi connectivity index (χ0v) is 12.7. The van der Waals surface area contributed by atoms with Crippen molar-refractivity contribution in [2.45, 2.75) is 24.1 Å². The van der Waals surface area contributed by atoms with E-state index in [2.05, 4.69) is 0 Å². The van der Waals surface area contributed by atoms with Crippen LogP contribution in [0, 0.1) is 0 Å². The normalized spacial score (nSPS) is 11.9. The van der Waals surface area contributed by atoms with Gasteiger partial charge in [0.05, 0.1) is 0 Å². The van der Waals surface area contributed by atoms with E-state index >= 15 is 0 Å². The highest BCUT2D eigenvalue weighted by Crippen LogP contribution is 2.25. The third-order valence-corrected chi connectivity index (χ3v) is 6.40. The molecule has 2 aromatic rings. The molecule has 0 spiro atoms. The molecule has 0 aliphatic rings. The molecule has 0 unspecified atom stereocenters. The maximum Gasteiger partial charge on any atom is 0.252 e. The van der Waals surface area contributed by atoms with Gasteiger partial charge in [-0.15, -0.1) is 11.3 Å². The van der Waals surface area contributed by atoms with Crippen LogP contribution in [0.2, 0.25) is 0 Å². The van der Waals surface area contributed by atoms with Crippen molar-refractivity contribution < 1.29 is 8.42 Å².